The summed E-state index contributed by atoms with van der Waals surface area (Å²) in [6.45, 7) is 7.17. The highest BCUT2D eigenvalue weighted by atomic mass is 32.2. The SMILES string of the molecule is CCn1c(SCc2csc(-c3cccc(C)c3)n2)nnc1-c1cccc(C)c1. The van der Waals surface area contributed by atoms with E-state index in [2.05, 4.69) is 89.4 Å². The lowest BCUT2D eigenvalue weighted by molar-refractivity contribution is 0.687. The Balaban J connectivity index is 1.51. The molecule has 4 nitrogen and oxygen atoms in total. The van der Waals surface area contributed by atoms with E-state index in [-0.39, 0.29) is 0 Å². The molecular formula is C22H22N4S2. The molecule has 0 aliphatic carbocycles. The second kappa shape index (κ2) is 8.29. The fraction of sp³-hybridized carbons (Fsp3) is 0.227. The van der Waals surface area contributed by atoms with Gasteiger partial charge in [-0.2, -0.15) is 0 Å². The van der Waals surface area contributed by atoms with Gasteiger partial charge in [0, 0.05) is 28.8 Å². The Morgan fingerprint density at radius 3 is 2.39 bits per heavy atom. The molecule has 0 aliphatic heterocycles. The minimum Gasteiger partial charge on any atom is -0.302 e. The Morgan fingerprint density at radius 2 is 1.68 bits per heavy atom. The summed E-state index contributed by atoms with van der Waals surface area (Å²) in [4.78, 5) is 4.81. The molecule has 0 saturated carbocycles. The molecule has 0 atom stereocenters. The zero-order valence-corrected chi connectivity index (χ0v) is 17.8. The molecule has 0 radical (unpaired) electrons. The van der Waals surface area contributed by atoms with E-state index in [1.54, 1.807) is 23.1 Å². The number of aryl methyl sites for hydroxylation is 2. The van der Waals surface area contributed by atoms with E-state index in [1.807, 2.05) is 0 Å². The second-order valence-electron chi connectivity index (χ2n) is 6.72. The van der Waals surface area contributed by atoms with Crippen molar-refractivity contribution in [1.29, 1.82) is 0 Å². The Kier molecular flexibility index (Phi) is 5.59. The van der Waals surface area contributed by atoms with Crippen LogP contribution in [0.25, 0.3) is 22.0 Å². The van der Waals surface area contributed by atoms with Gasteiger partial charge in [-0.25, -0.2) is 4.98 Å². The average Bonchev–Trinajstić information content (AvgIpc) is 3.33. The lowest BCUT2D eigenvalue weighted by Gasteiger charge is -2.07. The molecule has 4 aromatic rings. The minimum absolute atomic E-state index is 0.786. The monoisotopic (exact) mass is 406 g/mol. The van der Waals surface area contributed by atoms with Crippen LogP contribution in [-0.2, 0) is 12.3 Å². The molecule has 142 valence electrons. The summed E-state index contributed by atoms with van der Waals surface area (Å²) >= 11 is 3.38. The van der Waals surface area contributed by atoms with Crippen LogP contribution >= 0.6 is 23.1 Å². The minimum atomic E-state index is 0.786. The lowest BCUT2D eigenvalue weighted by atomic mass is 10.1. The van der Waals surface area contributed by atoms with Crippen LogP contribution in [0.1, 0.15) is 23.7 Å². The molecule has 0 spiro atoms. The summed E-state index contributed by atoms with van der Waals surface area (Å²) in [5.74, 6) is 1.71. The predicted octanol–water partition coefficient (Wildman–Crippen LogP) is 6.00. The third-order valence-electron chi connectivity index (χ3n) is 4.48. The van der Waals surface area contributed by atoms with Crippen molar-refractivity contribution in [3.8, 4) is 22.0 Å². The Labute approximate surface area is 173 Å². The van der Waals surface area contributed by atoms with Gasteiger partial charge in [-0.1, -0.05) is 59.3 Å². The Morgan fingerprint density at radius 1 is 0.964 bits per heavy atom. The summed E-state index contributed by atoms with van der Waals surface area (Å²) in [5.41, 5.74) is 5.84. The van der Waals surface area contributed by atoms with Gasteiger partial charge in [0.1, 0.15) is 5.01 Å². The van der Waals surface area contributed by atoms with E-state index in [0.29, 0.717) is 0 Å². The summed E-state index contributed by atoms with van der Waals surface area (Å²) in [7, 11) is 0. The molecule has 0 aliphatic rings. The van der Waals surface area contributed by atoms with Gasteiger partial charge in [-0.3, -0.25) is 0 Å². The van der Waals surface area contributed by atoms with Crippen molar-refractivity contribution in [3.05, 3.63) is 70.7 Å². The summed E-state index contributed by atoms with van der Waals surface area (Å²) < 4.78 is 2.17. The van der Waals surface area contributed by atoms with Gasteiger partial charge in [0.2, 0.25) is 0 Å². The molecule has 2 aromatic heterocycles. The second-order valence-corrected chi connectivity index (χ2v) is 8.52. The first-order chi connectivity index (χ1) is 13.6. The van der Waals surface area contributed by atoms with Crippen LogP contribution in [0.3, 0.4) is 0 Å². The van der Waals surface area contributed by atoms with Gasteiger partial charge in [-0.05, 0) is 32.9 Å². The smallest absolute Gasteiger partial charge is 0.191 e. The maximum atomic E-state index is 4.81. The third kappa shape index (κ3) is 4.03. The highest BCUT2D eigenvalue weighted by Crippen LogP contribution is 2.29. The molecule has 0 N–H and O–H groups in total. The number of hydrogen-bond donors (Lipinski definition) is 0. The number of hydrogen-bond acceptors (Lipinski definition) is 5. The van der Waals surface area contributed by atoms with Gasteiger partial charge in [0.15, 0.2) is 11.0 Å². The zero-order chi connectivity index (χ0) is 19.5. The van der Waals surface area contributed by atoms with Crippen molar-refractivity contribution < 1.29 is 0 Å². The fourth-order valence-corrected chi connectivity index (χ4v) is 4.92. The fourth-order valence-electron chi connectivity index (χ4n) is 3.10. The van der Waals surface area contributed by atoms with E-state index in [0.717, 1.165) is 39.5 Å². The van der Waals surface area contributed by atoms with Crippen LogP contribution in [0.15, 0.2) is 59.1 Å². The van der Waals surface area contributed by atoms with Crippen molar-refractivity contribution >= 4 is 23.1 Å². The van der Waals surface area contributed by atoms with Crippen LogP contribution in [-0.4, -0.2) is 19.7 Å². The molecule has 2 aromatic carbocycles. The molecule has 6 heteroatoms. The number of rotatable bonds is 6. The molecule has 2 heterocycles. The van der Waals surface area contributed by atoms with Gasteiger partial charge in [0.25, 0.3) is 0 Å². The number of benzene rings is 2. The topological polar surface area (TPSA) is 43.6 Å². The lowest BCUT2D eigenvalue weighted by Crippen LogP contribution is -2.00. The highest BCUT2D eigenvalue weighted by molar-refractivity contribution is 7.98. The van der Waals surface area contributed by atoms with Gasteiger partial charge in [-0.15, -0.1) is 21.5 Å². The molecule has 0 amide bonds. The van der Waals surface area contributed by atoms with Gasteiger partial charge < -0.3 is 4.57 Å². The zero-order valence-electron chi connectivity index (χ0n) is 16.2. The van der Waals surface area contributed by atoms with Gasteiger partial charge >= 0.3 is 0 Å². The van der Waals surface area contributed by atoms with Crippen LogP contribution in [0.2, 0.25) is 0 Å². The maximum absolute atomic E-state index is 4.81. The van der Waals surface area contributed by atoms with Crippen LogP contribution in [0.5, 0.6) is 0 Å². The van der Waals surface area contributed by atoms with Crippen molar-refractivity contribution in [2.75, 3.05) is 0 Å². The van der Waals surface area contributed by atoms with E-state index in [4.69, 9.17) is 4.98 Å². The average molecular weight is 407 g/mol. The van der Waals surface area contributed by atoms with Crippen LogP contribution in [0, 0.1) is 13.8 Å². The van der Waals surface area contributed by atoms with E-state index in [1.165, 1.54) is 16.7 Å². The standard InChI is InChI=1S/C22H22N4S2/c1-4-26-20(17-9-5-7-15(2)11-17)24-25-22(26)28-14-19-13-27-21(23-19)18-10-6-8-16(3)12-18/h5-13H,4,14H2,1-3H3. The quantitative estimate of drug-likeness (QED) is 0.369. The predicted molar refractivity (Wildman–Crippen MR) is 118 cm³/mol. The highest BCUT2D eigenvalue weighted by Gasteiger charge is 2.14. The van der Waals surface area contributed by atoms with E-state index in [9.17, 15) is 0 Å². The molecule has 4 rings (SSSR count). The first kappa shape index (κ1) is 18.9. The summed E-state index contributed by atoms with van der Waals surface area (Å²) in [6.07, 6.45) is 0. The van der Waals surface area contributed by atoms with Crippen molar-refractivity contribution in [3.63, 3.8) is 0 Å². The summed E-state index contributed by atoms with van der Waals surface area (Å²) in [6, 6.07) is 16.9. The van der Waals surface area contributed by atoms with Crippen LogP contribution in [0.4, 0.5) is 0 Å². The number of nitrogens with zero attached hydrogens (tertiary/aromatic N) is 4. The molecule has 0 bridgehead atoms. The Hall–Kier alpha value is -2.44. The molecule has 28 heavy (non-hydrogen) atoms. The van der Waals surface area contributed by atoms with Crippen molar-refractivity contribution in [2.24, 2.45) is 0 Å². The maximum Gasteiger partial charge on any atom is 0.191 e. The third-order valence-corrected chi connectivity index (χ3v) is 6.42. The molecule has 0 saturated heterocycles. The Bertz CT molecular complexity index is 1100. The molecule has 0 fully saturated rings. The normalized spacial score (nSPS) is 11.1. The number of thiazole rings is 1. The van der Waals surface area contributed by atoms with Gasteiger partial charge in [0.05, 0.1) is 5.69 Å². The van der Waals surface area contributed by atoms with E-state index < -0.39 is 0 Å². The number of thioether (sulfide) groups is 1. The molecule has 0 unspecified atom stereocenters. The van der Waals surface area contributed by atoms with Crippen molar-refractivity contribution in [1.82, 2.24) is 19.7 Å². The van der Waals surface area contributed by atoms with E-state index >= 15 is 0 Å². The molecular weight excluding hydrogens is 384 g/mol. The first-order valence-corrected chi connectivity index (χ1v) is 11.1. The number of aromatic nitrogens is 4. The van der Waals surface area contributed by atoms with Crippen LogP contribution < -0.4 is 0 Å². The summed E-state index contributed by atoms with van der Waals surface area (Å²) in [5, 5.41) is 13.0. The van der Waals surface area contributed by atoms with Crippen molar-refractivity contribution in [2.45, 2.75) is 38.2 Å². The first-order valence-electron chi connectivity index (χ1n) is 9.28. The largest absolute Gasteiger partial charge is 0.302 e.